The number of aromatic nitrogens is 3. The van der Waals surface area contributed by atoms with E-state index in [1.165, 1.54) is 24.3 Å². The van der Waals surface area contributed by atoms with Crippen LogP contribution in [0.25, 0.3) is 16.6 Å². The summed E-state index contributed by atoms with van der Waals surface area (Å²) in [5.41, 5.74) is 1.07. The minimum atomic E-state index is -4.05. The molecule has 5 rings (SSSR count). The molecule has 0 radical (unpaired) electrons. The lowest BCUT2D eigenvalue weighted by Crippen LogP contribution is -2.41. The number of carboxylic acids is 1. The van der Waals surface area contributed by atoms with Crippen molar-refractivity contribution in [3.05, 3.63) is 76.8 Å². The van der Waals surface area contributed by atoms with Gasteiger partial charge in [-0.1, -0.05) is 35.3 Å². The second kappa shape index (κ2) is 9.70. The summed E-state index contributed by atoms with van der Waals surface area (Å²) >= 11 is 12.8. The fourth-order valence-electron chi connectivity index (χ4n) is 4.48. The maximum absolute atomic E-state index is 13.0. The molecule has 1 aliphatic heterocycles. The molecule has 1 atom stereocenters. The number of anilines is 1. The molecule has 1 saturated heterocycles. The molecular formula is C24H21Cl2N5O4S. The molecule has 2 aromatic carbocycles. The number of aromatic carboxylic acids is 1. The van der Waals surface area contributed by atoms with E-state index in [0.717, 1.165) is 23.9 Å². The molecule has 186 valence electrons. The molecule has 0 spiro atoms. The first-order valence-electron chi connectivity index (χ1n) is 11.1. The van der Waals surface area contributed by atoms with Gasteiger partial charge < -0.3 is 14.6 Å². The molecule has 36 heavy (non-hydrogen) atoms. The Kier molecular flexibility index (Phi) is 6.60. The number of hydrogen-bond donors (Lipinski definition) is 2. The SMILES string of the molecule is O=C(O)c1ccccc1S(=O)(=O)NC[C@@H]1CCCN1c1cc(-n2ccnc2)c2ccc(Cl)c(Cl)c2n1. The second-order valence-corrected chi connectivity index (χ2v) is 10.9. The number of benzene rings is 2. The van der Waals surface area contributed by atoms with Crippen molar-refractivity contribution in [2.75, 3.05) is 18.0 Å². The van der Waals surface area contributed by atoms with Gasteiger partial charge in [0.05, 0.1) is 38.0 Å². The van der Waals surface area contributed by atoms with E-state index in [1.54, 1.807) is 18.6 Å². The second-order valence-electron chi connectivity index (χ2n) is 8.37. The summed E-state index contributed by atoms with van der Waals surface area (Å²) < 4.78 is 30.4. The number of hydrogen-bond acceptors (Lipinski definition) is 6. The Morgan fingerprint density at radius 3 is 2.75 bits per heavy atom. The largest absolute Gasteiger partial charge is 0.478 e. The number of fused-ring (bicyclic) bond motifs is 1. The van der Waals surface area contributed by atoms with Crippen molar-refractivity contribution in [3.63, 3.8) is 0 Å². The van der Waals surface area contributed by atoms with E-state index in [-0.39, 0.29) is 23.0 Å². The summed E-state index contributed by atoms with van der Waals surface area (Å²) in [7, 11) is -4.05. The monoisotopic (exact) mass is 545 g/mol. The van der Waals surface area contributed by atoms with E-state index < -0.39 is 16.0 Å². The molecule has 0 aliphatic carbocycles. The van der Waals surface area contributed by atoms with E-state index >= 15 is 0 Å². The molecule has 0 amide bonds. The van der Waals surface area contributed by atoms with Crippen LogP contribution in [0.4, 0.5) is 5.82 Å². The number of imidazole rings is 1. The molecule has 12 heteroatoms. The van der Waals surface area contributed by atoms with Crippen molar-refractivity contribution < 1.29 is 18.3 Å². The summed E-state index contributed by atoms with van der Waals surface area (Å²) in [6.45, 7) is 0.748. The van der Waals surface area contributed by atoms with E-state index in [4.69, 9.17) is 28.2 Å². The van der Waals surface area contributed by atoms with Crippen molar-refractivity contribution in [1.82, 2.24) is 19.3 Å². The van der Waals surface area contributed by atoms with E-state index in [1.807, 2.05) is 27.8 Å². The number of carbonyl (C=O) groups is 1. The van der Waals surface area contributed by atoms with Gasteiger partial charge in [-0.25, -0.2) is 27.9 Å². The molecule has 2 aromatic heterocycles. The summed E-state index contributed by atoms with van der Waals surface area (Å²) in [6.07, 6.45) is 6.73. The van der Waals surface area contributed by atoms with Crippen LogP contribution in [-0.4, -0.2) is 53.2 Å². The summed E-state index contributed by atoms with van der Waals surface area (Å²) in [4.78, 5) is 22.2. The van der Waals surface area contributed by atoms with Gasteiger partial charge in [-0.15, -0.1) is 0 Å². The Morgan fingerprint density at radius 2 is 2.00 bits per heavy atom. The number of pyridine rings is 1. The van der Waals surface area contributed by atoms with E-state index in [9.17, 15) is 18.3 Å². The Hall–Kier alpha value is -3.18. The lowest BCUT2D eigenvalue weighted by atomic mass is 10.1. The van der Waals surface area contributed by atoms with Crippen LogP contribution < -0.4 is 9.62 Å². The van der Waals surface area contributed by atoms with Crippen LogP contribution in [0.3, 0.4) is 0 Å². The van der Waals surface area contributed by atoms with Crippen molar-refractivity contribution >= 4 is 55.9 Å². The zero-order chi connectivity index (χ0) is 25.4. The molecular weight excluding hydrogens is 525 g/mol. The average Bonchev–Trinajstić information content (AvgIpc) is 3.57. The van der Waals surface area contributed by atoms with E-state index in [0.29, 0.717) is 27.9 Å². The first kappa shape index (κ1) is 24.5. The van der Waals surface area contributed by atoms with Crippen LogP contribution in [0, 0.1) is 0 Å². The highest BCUT2D eigenvalue weighted by Crippen LogP contribution is 2.36. The minimum absolute atomic E-state index is 0.0830. The predicted molar refractivity (Wildman–Crippen MR) is 138 cm³/mol. The van der Waals surface area contributed by atoms with Gasteiger partial charge in [0.15, 0.2) is 0 Å². The highest BCUT2D eigenvalue weighted by molar-refractivity contribution is 7.89. The maximum Gasteiger partial charge on any atom is 0.337 e. The van der Waals surface area contributed by atoms with Crippen LogP contribution in [0.15, 0.2) is 66.1 Å². The smallest absolute Gasteiger partial charge is 0.337 e. The summed E-state index contributed by atoms with van der Waals surface area (Å²) in [6, 6.07) is 10.8. The Bertz CT molecular complexity index is 1560. The van der Waals surface area contributed by atoms with Crippen molar-refractivity contribution in [2.24, 2.45) is 0 Å². The van der Waals surface area contributed by atoms with Gasteiger partial charge in [-0.3, -0.25) is 0 Å². The van der Waals surface area contributed by atoms with Gasteiger partial charge in [0.2, 0.25) is 10.0 Å². The van der Waals surface area contributed by atoms with Crippen LogP contribution in [0.5, 0.6) is 0 Å². The first-order valence-corrected chi connectivity index (χ1v) is 13.4. The highest BCUT2D eigenvalue weighted by atomic mass is 35.5. The molecule has 4 aromatic rings. The molecule has 0 unspecified atom stereocenters. The molecule has 0 bridgehead atoms. The Morgan fingerprint density at radius 1 is 1.19 bits per heavy atom. The molecule has 3 heterocycles. The van der Waals surface area contributed by atoms with Gasteiger partial charge in [0.25, 0.3) is 0 Å². The standard InChI is InChI=1S/C24H21Cl2N5O4S/c25-18-8-7-16-19(30-11-9-27-14-30)12-21(29-23(16)22(18)26)31-10-3-4-15(31)13-28-36(34,35)20-6-2-1-5-17(20)24(32)33/h1-2,5-9,11-12,14-15,28H,3-4,10,13H2,(H,32,33)/t15-/m0/s1. The average molecular weight is 546 g/mol. The Balaban J connectivity index is 1.48. The van der Waals surface area contributed by atoms with Gasteiger partial charge in [-0.2, -0.15) is 0 Å². The zero-order valence-electron chi connectivity index (χ0n) is 18.8. The zero-order valence-corrected chi connectivity index (χ0v) is 21.1. The molecule has 9 nitrogen and oxygen atoms in total. The highest BCUT2D eigenvalue weighted by Gasteiger charge is 2.30. The van der Waals surface area contributed by atoms with Gasteiger partial charge in [-0.05, 0) is 37.1 Å². The van der Waals surface area contributed by atoms with Crippen LogP contribution in [0.1, 0.15) is 23.2 Å². The maximum atomic E-state index is 13.0. The topological polar surface area (TPSA) is 117 Å². The van der Waals surface area contributed by atoms with Gasteiger partial charge >= 0.3 is 5.97 Å². The van der Waals surface area contributed by atoms with Crippen molar-refractivity contribution in [3.8, 4) is 5.69 Å². The fraction of sp³-hybridized carbons (Fsp3) is 0.208. The lowest BCUT2D eigenvalue weighted by molar-refractivity contribution is 0.0692. The number of nitrogens with one attached hydrogen (secondary N) is 1. The fourth-order valence-corrected chi connectivity index (χ4v) is 6.11. The summed E-state index contributed by atoms with van der Waals surface area (Å²) in [5.74, 6) is -0.676. The van der Waals surface area contributed by atoms with Crippen LogP contribution in [0.2, 0.25) is 10.0 Å². The number of sulfonamides is 1. The first-order chi connectivity index (χ1) is 17.3. The van der Waals surface area contributed by atoms with Crippen LogP contribution in [-0.2, 0) is 10.0 Å². The van der Waals surface area contributed by atoms with Gasteiger partial charge in [0.1, 0.15) is 5.82 Å². The van der Waals surface area contributed by atoms with Crippen molar-refractivity contribution in [1.29, 1.82) is 0 Å². The molecule has 0 saturated carbocycles. The molecule has 2 N–H and O–H groups in total. The minimum Gasteiger partial charge on any atom is -0.478 e. The molecule has 1 aliphatic rings. The quantitative estimate of drug-likeness (QED) is 0.354. The normalized spacial score (nSPS) is 16.1. The third-order valence-corrected chi connectivity index (χ3v) is 8.48. The number of carboxylic acid groups (broad SMARTS) is 1. The van der Waals surface area contributed by atoms with Gasteiger partial charge in [0, 0.05) is 43.0 Å². The molecule has 1 fully saturated rings. The lowest BCUT2D eigenvalue weighted by Gasteiger charge is -2.27. The Labute approximate surface area is 217 Å². The number of nitrogens with zero attached hydrogens (tertiary/aromatic N) is 4. The predicted octanol–water partition coefficient (Wildman–Crippen LogP) is 4.37. The third-order valence-electron chi connectivity index (χ3n) is 6.21. The third kappa shape index (κ3) is 4.53. The number of rotatable bonds is 7. The number of halogens is 2. The summed E-state index contributed by atoms with van der Waals surface area (Å²) in [5, 5.41) is 10.9. The van der Waals surface area contributed by atoms with Crippen molar-refractivity contribution in [2.45, 2.75) is 23.8 Å². The van der Waals surface area contributed by atoms with Crippen LogP contribution >= 0.6 is 23.2 Å². The van der Waals surface area contributed by atoms with E-state index in [2.05, 4.69) is 9.71 Å².